The zero-order valence-corrected chi connectivity index (χ0v) is 9.62. The molecule has 8 heteroatoms. The largest absolute Gasteiger partial charge is 0.413 e. The summed E-state index contributed by atoms with van der Waals surface area (Å²) in [5, 5.41) is 0. The summed E-state index contributed by atoms with van der Waals surface area (Å²) in [5.74, 6) is 0. The van der Waals surface area contributed by atoms with Gasteiger partial charge in [-0.25, -0.2) is 0 Å². The lowest BCUT2D eigenvalue weighted by Gasteiger charge is -2.14. The molecule has 0 aromatic carbocycles. The predicted octanol–water partition coefficient (Wildman–Crippen LogP) is -0.657. The minimum absolute atomic E-state index is 0.0447. The molecule has 7 radical (unpaired) electrons. The molecule has 0 atom stereocenters. The van der Waals surface area contributed by atoms with Crippen molar-refractivity contribution in [3.05, 3.63) is 12.7 Å². The number of hydrogen-bond donors (Lipinski definition) is 0. The molecule has 0 spiro atoms. The smallest absolute Gasteiger partial charge is 0.412 e. The van der Waals surface area contributed by atoms with Crippen LogP contribution >= 0.6 is 0 Å². The fraction of sp³-hybridized carbons (Fsp3) is 0.333. The van der Waals surface area contributed by atoms with Crippen LogP contribution in [0.15, 0.2) is 12.7 Å². The quantitative estimate of drug-likeness (QED) is 0.455. The molecule has 57 valence electrons. The maximum atomic E-state index is 5.27. The van der Waals surface area contributed by atoms with Gasteiger partial charge in [-0.15, -0.1) is 6.58 Å². The van der Waals surface area contributed by atoms with Gasteiger partial charge in [0.25, 0.3) is 0 Å². The Hall–Kier alpha value is 0.448. The summed E-state index contributed by atoms with van der Waals surface area (Å²) in [4.78, 5) is 0. The molecule has 0 saturated carbocycles. The van der Waals surface area contributed by atoms with E-state index < -0.39 is 9.28 Å². The molecule has 1 fully saturated rings. The van der Waals surface area contributed by atoms with E-state index >= 15 is 0 Å². The van der Waals surface area contributed by atoms with Crippen molar-refractivity contribution in [1.29, 1.82) is 0 Å². The van der Waals surface area contributed by atoms with Gasteiger partial charge >= 0.3 is 39.3 Å². The van der Waals surface area contributed by atoms with E-state index in [1.54, 1.807) is 6.08 Å². The Labute approximate surface area is 74.9 Å². The van der Waals surface area contributed by atoms with Gasteiger partial charge in [0.15, 0.2) is 0 Å². The van der Waals surface area contributed by atoms with Crippen LogP contribution in [-0.2, 0) is 16.5 Å². The molecule has 0 N–H and O–H groups in total. The van der Waals surface area contributed by atoms with E-state index in [9.17, 15) is 0 Å². The molecule has 1 saturated heterocycles. The van der Waals surface area contributed by atoms with Crippen LogP contribution < -0.4 is 0 Å². The van der Waals surface area contributed by atoms with Crippen LogP contribution in [-0.4, -0.2) is 39.3 Å². The van der Waals surface area contributed by atoms with Crippen LogP contribution in [0.2, 0.25) is 6.04 Å². The molecular formula is C3H5O4Si4. The second-order valence-electron chi connectivity index (χ2n) is 1.52. The van der Waals surface area contributed by atoms with Gasteiger partial charge in [0.05, 0.1) is 0 Å². The first-order valence-electron chi connectivity index (χ1n) is 2.80. The van der Waals surface area contributed by atoms with Gasteiger partial charge in [-0.3, -0.25) is 0 Å². The van der Waals surface area contributed by atoms with Gasteiger partial charge in [0, 0.05) is 6.04 Å². The van der Waals surface area contributed by atoms with Crippen LogP contribution in [0, 0.1) is 0 Å². The Morgan fingerprint density at radius 1 is 1.18 bits per heavy atom. The van der Waals surface area contributed by atoms with Crippen molar-refractivity contribution in [3.63, 3.8) is 0 Å². The summed E-state index contributed by atoms with van der Waals surface area (Å²) >= 11 is 0. The van der Waals surface area contributed by atoms with Crippen LogP contribution in [0.1, 0.15) is 0 Å². The Morgan fingerprint density at radius 3 is 2.36 bits per heavy atom. The van der Waals surface area contributed by atoms with E-state index in [0.717, 1.165) is 6.04 Å². The molecule has 0 aromatic rings. The normalized spacial score (nSPS) is 22.2. The first kappa shape index (κ1) is 9.53. The van der Waals surface area contributed by atoms with E-state index in [1.807, 2.05) is 0 Å². The van der Waals surface area contributed by atoms with Crippen molar-refractivity contribution in [3.8, 4) is 0 Å². The van der Waals surface area contributed by atoms with E-state index in [4.69, 9.17) is 16.5 Å². The molecular weight excluding hydrogens is 212 g/mol. The molecule has 1 rings (SSSR count). The average molecular weight is 217 g/mol. The summed E-state index contributed by atoms with van der Waals surface area (Å²) in [6.07, 6.45) is 1.78. The molecule has 1 aliphatic heterocycles. The lowest BCUT2D eigenvalue weighted by Crippen LogP contribution is -2.32. The third-order valence-electron chi connectivity index (χ3n) is 0.789. The first-order chi connectivity index (χ1) is 5.43. The van der Waals surface area contributed by atoms with Crippen molar-refractivity contribution in [2.24, 2.45) is 0 Å². The number of rotatable bonds is 2. The molecule has 4 nitrogen and oxygen atoms in total. The lowest BCUT2D eigenvalue weighted by atomic mass is 10.8. The SMILES string of the molecule is C=CC[Si]1O[Si]O[Si]O[Si]O1. The van der Waals surface area contributed by atoms with Gasteiger partial charge in [0.2, 0.25) is 0 Å². The average Bonchev–Trinajstić information content (AvgIpc) is 1.94. The van der Waals surface area contributed by atoms with Crippen molar-refractivity contribution < 1.29 is 16.5 Å². The topological polar surface area (TPSA) is 36.9 Å². The van der Waals surface area contributed by atoms with E-state index in [2.05, 4.69) is 6.58 Å². The highest BCUT2D eigenvalue weighted by Crippen LogP contribution is 1.98. The standard InChI is InChI=1S/C3H5O4Si4/c1-2-3-11-6-9-4-8-5-10-7-11/h2H,1,3H2. The molecule has 1 heterocycles. The van der Waals surface area contributed by atoms with Crippen molar-refractivity contribution in [1.82, 2.24) is 0 Å². The number of allylic oxidation sites excluding steroid dienone is 1. The van der Waals surface area contributed by atoms with Crippen LogP contribution in [0.25, 0.3) is 0 Å². The Morgan fingerprint density at radius 2 is 1.82 bits per heavy atom. The third-order valence-corrected chi connectivity index (χ3v) is 5.23. The van der Waals surface area contributed by atoms with Crippen molar-refractivity contribution in [2.45, 2.75) is 6.04 Å². The minimum atomic E-state index is -1.20. The van der Waals surface area contributed by atoms with Crippen molar-refractivity contribution >= 4 is 39.3 Å². The zero-order valence-electron chi connectivity index (χ0n) is 5.62. The highest BCUT2D eigenvalue weighted by molar-refractivity contribution is 6.60. The summed E-state index contributed by atoms with van der Waals surface area (Å²) < 4.78 is 20.5. The van der Waals surface area contributed by atoms with Gasteiger partial charge in [0.1, 0.15) is 0 Å². The van der Waals surface area contributed by atoms with Crippen molar-refractivity contribution in [2.75, 3.05) is 0 Å². The second-order valence-corrected chi connectivity index (χ2v) is 6.44. The maximum Gasteiger partial charge on any atom is 0.412 e. The van der Waals surface area contributed by atoms with E-state index in [-0.39, 0.29) is 30.0 Å². The first-order valence-corrected chi connectivity index (χ1v) is 6.78. The molecule has 0 aromatic heterocycles. The molecule has 0 bridgehead atoms. The van der Waals surface area contributed by atoms with Crippen LogP contribution in [0.5, 0.6) is 0 Å². The monoisotopic (exact) mass is 217 g/mol. The van der Waals surface area contributed by atoms with Gasteiger partial charge in [-0.1, -0.05) is 6.08 Å². The summed E-state index contributed by atoms with van der Waals surface area (Å²) in [6, 6.07) is 0.764. The fourth-order valence-corrected chi connectivity index (χ4v) is 4.50. The highest BCUT2D eigenvalue weighted by Gasteiger charge is 2.18. The molecule has 0 unspecified atom stereocenters. The minimum Gasteiger partial charge on any atom is -0.413 e. The molecule has 11 heavy (non-hydrogen) atoms. The maximum absolute atomic E-state index is 5.27. The Kier molecular flexibility index (Phi) is 5.22. The number of hydrogen-bond acceptors (Lipinski definition) is 4. The fourth-order valence-electron chi connectivity index (χ4n) is 0.411. The van der Waals surface area contributed by atoms with Gasteiger partial charge in [-0.2, -0.15) is 0 Å². The second kappa shape index (κ2) is 6.02. The van der Waals surface area contributed by atoms with Crippen LogP contribution in [0.4, 0.5) is 0 Å². The van der Waals surface area contributed by atoms with Gasteiger partial charge < -0.3 is 16.5 Å². The highest BCUT2D eigenvalue weighted by atomic mass is 28.4. The van der Waals surface area contributed by atoms with Crippen LogP contribution in [0.3, 0.4) is 0 Å². The zero-order chi connectivity index (χ0) is 7.94. The summed E-state index contributed by atoms with van der Waals surface area (Å²) in [6.45, 7) is 3.60. The predicted molar refractivity (Wildman–Crippen MR) is 42.4 cm³/mol. The Balaban J connectivity index is 2.20. The molecule has 0 amide bonds. The molecule has 1 aliphatic rings. The summed E-state index contributed by atoms with van der Waals surface area (Å²) in [5.41, 5.74) is 0. The summed E-state index contributed by atoms with van der Waals surface area (Å²) in [7, 11) is -1.06. The van der Waals surface area contributed by atoms with E-state index in [1.165, 1.54) is 0 Å². The lowest BCUT2D eigenvalue weighted by molar-refractivity contribution is 0.330. The Bertz CT molecular complexity index is 114. The molecule has 0 aliphatic carbocycles. The van der Waals surface area contributed by atoms with Gasteiger partial charge in [-0.05, 0) is 0 Å². The van der Waals surface area contributed by atoms with E-state index in [0.29, 0.717) is 0 Å². The third kappa shape index (κ3) is 4.12.